The topological polar surface area (TPSA) is 93.2 Å². The third-order valence-corrected chi connectivity index (χ3v) is 6.16. The van der Waals surface area contributed by atoms with Gasteiger partial charge in [0, 0.05) is 32.4 Å². The first-order valence-electron chi connectivity index (χ1n) is 12.5. The molecule has 0 atom stereocenters. The Morgan fingerprint density at radius 1 is 0.784 bits per heavy atom. The second-order valence-electron chi connectivity index (χ2n) is 9.00. The first-order chi connectivity index (χ1) is 18.0. The van der Waals surface area contributed by atoms with Crippen molar-refractivity contribution in [1.82, 2.24) is 9.96 Å². The number of hydroxylamine groups is 2. The average molecular weight is 503 g/mol. The highest BCUT2D eigenvalue weighted by Crippen LogP contribution is 2.18. The van der Waals surface area contributed by atoms with E-state index in [9.17, 15) is 19.2 Å². The summed E-state index contributed by atoms with van der Waals surface area (Å²) in [5.74, 6) is -1.59. The minimum atomic E-state index is -0.612. The van der Waals surface area contributed by atoms with Gasteiger partial charge in [0.2, 0.25) is 0 Å². The van der Waals surface area contributed by atoms with Crippen molar-refractivity contribution < 1.29 is 28.8 Å². The van der Waals surface area contributed by atoms with Crippen LogP contribution in [0.15, 0.2) is 72.8 Å². The van der Waals surface area contributed by atoms with Crippen molar-refractivity contribution in [2.45, 2.75) is 51.7 Å². The number of benzene rings is 3. The number of rotatable bonds is 11. The highest BCUT2D eigenvalue weighted by molar-refractivity contribution is 6.01. The number of unbranched alkanes of at least 4 members (excludes halogenated alkanes) is 2. The molecule has 1 fully saturated rings. The molecule has 0 saturated carbocycles. The molecule has 8 nitrogen and oxygen atoms in total. The first-order valence-corrected chi connectivity index (χ1v) is 12.5. The maximum absolute atomic E-state index is 13.0. The summed E-state index contributed by atoms with van der Waals surface area (Å²) >= 11 is 0. The molecule has 37 heavy (non-hydrogen) atoms. The normalized spacial score (nSPS) is 13.1. The van der Waals surface area contributed by atoms with Crippen molar-refractivity contribution in [2.24, 2.45) is 0 Å². The number of ether oxygens (including phenoxy) is 1. The summed E-state index contributed by atoms with van der Waals surface area (Å²) in [6.45, 7) is 1.05. The highest BCUT2D eigenvalue weighted by Gasteiger charge is 2.32. The van der Waals surface area contributed by atoms with E-state index in [1.54, 1.807) is 4.90 Å². The van der Waals surface area contributed by atoms with Gasteiger partial charge in [-0.1, -0.05) is 73.2 Å². The van der Waals surface area contributed by atoms with E-state index < -0.39 is 23.9 Å². The average Bonchev–Trinajstić information content (AvgIpc) is 3.23. The molecule has 3 aromatic carbocycles. The zero-order valence-corrected chi connectivity index (χ0v) is 20.6. The highest BCUT2D eigenvalue weighted by atomic mass is 16.7. The molecule has 192 valence electrons. The van der Waals surface area contributed by atoms with Gasteiger partial charge in [-0.05, 0) is 40.8 Å². The number of carbonyl (C=O) groups excluding carboxylic acids is 4. The van der Waals surface area contributed by atoms with Crippen molar-refractivity contribution in [3.63, 3.8) is 0 Å². The van der Waals surface area contributed by atoms with Crippen LogP contribution in [-0.4, -0.2) is 40.4 Å². The van der Waals surface area contributed by atoms with Crippen LogP contribution < -0.4 is 0 Å². The summed E-state index contributed by atoms with van der Waals surface area (Å²) in [7, 11) is 0. The lowest BCUT2D eigenvalue weighted by Gasteiger charge is -2.22. The molecule has 1 saturated heterocycles. The number of amides is 3. The Morgan fingerprint density at radius 3 is 2.24 bits per heavy atom. The van der Waals surface area contributed by atoms with Gasteiger partial charge in [0.05, 0.1) is 0 Å². The lowest BCUT2D eigenvalue weighted by Crippen LogP contribution is -2.32. The summed E-state index contributed by atoms with van der Waals surface area (Å²) in [6, 6.07) is 23.7. The van der Waals surface area contributed by atoms with E-state index in [1.165, 1.54) is 0 Å². The van der Waals surface area contributed by atoms with Gasteiger partial charge in [-0.3, -0.25) is 9.59 Å². The van der Waals surface area contributed by atoms with E-state index in [1.807, 2.05) is 66.7 Å². The molecule has 8 heteroatoms. The molecule has 0 N–H and O–H groups in total. The second kappa shape index (κ2) is 12.7. The van der Waals surface area contributed by atoms with Crippen LogP contribution in [0.5, 0.6) is 0 Å². The predicted molar refractivity (Wildman–Crippen MR) is 137 cm³/mol. The summed E-state index contributed by atoms with van der Waals surface area (Å²) in [5.41, 5.74) is 1.91. The minimum absolute atomic E-state index is 0.0690. The standard InChI is InChI=1S/C29H30N2O6/c32-26-16-17-27(33)31(26)37-28(34)13-5-2-8-18-30(29(35)36-21-22-9-3-1-4-10-22)20-23-14-15-24-11-6-7-12-25(24)19-23/h1,3-4,6-7,9-12,14-15,19H,2,5,8,13,16-18,20-21H2. The van der Waals surface area contributed by atoms with E-state index in [0.29, 0.717) is 37.4 Å². The zero-order chi connectivity index (χ0) is 26.0. The van der Waals surface area contributed by atoms with Gasteiger partial charge in [0.25, 0.3) is 11.8 Å². The van der Waals surface area contributed by atoms with Gasteiger partial charge in [0.1, 0.15) is 6.61 Å². The Morgan fingerprint density at radius 2 is 1.49 bits per heavy atom. The quantitative estimate of drug-likeness (QED) is 0.266. The summed E-state index contributed by atoms with van der Waals surface area (Å²) in [6.07, 6.45) is 1.65. The predicted octanol–water partition coefficient (Wildman–Crippen LogP) is 5.15. The van der Waals surface area contributed by atoms with Crippen LogP contribution >= 0.6 is 0 Å². The smallest absolute Gasteiger partial charge is 0.410 e. The molecule has 0 unspecified atom stereocenters. The van der Waals surface area contributed by atoms with Gasteiger partial charge in [-0.15, -0.1) is 5.06 Å². The molecule has 1 heterocycles. The third kappa shape index (κ3) is 7.39. The summed E-state index contributed by atoms with van der Waals surface area (Å²) in [4.78, 5) is 54.7. The minimum Gasteiger partial charge on any atom is -0.445 e. The molecular weight excluding hydrogens is 472 g/mol. The van der Waals surface area contributed by atoms with E-state index in [0.717, 1.165) is 21.9 Å². The molecule has 0 aromatic heterocycles. The van der Waals surface area contributed by atoms with Gasteiger partial charge in [-0.2, -0.15) is 0 Å². The Bertz CT molecular complexity index is 1240. The van der Waals surface area contributed by atoms with Crippen LogP contribution in [0, 0.1) is 0 Å². The van der Waals surface area contributed by atoms with Gasteiger partial charge < -0.3 is 14.5 Å². The molecule has 0 radical (unpaired) electrons. The number of hydrogen-bond acceptors (Lipinski definition) is 6. The van der Waals surface area contributed by atoms with E-state index in [4.69, 9.17) is 9.57 Å². The fraction of sp³-hybridized carbons (Fsp3) is 0.310. The van der Waals surface area contributed by atoms with Crippen molar-refractivity contribution >= 4 is 34.6 Å². The van der Waals surface area contributed by atoms with Gasteiger partial charge in [0.15, 0.2) is 0 Å². The van der Waals surface area contributed by atoms with Crippen LogP contribution in [0.4, 0.5) is 4.79 Å². The van der Waals surface area contributed by atoms with Gasteiger partial charge >= 0.3 is 12.1 Å². The SMILES string of the molecule is O=C(CCCCCN(Cc1ccc2ccccc2c1)C(=O)OCc1ccccc1)ON1C(=O)CCC1=O. The molecule has 3 amide bonds. The molecule has 0 spiro atoms. The number of fused-ring (bicyclic) bond motifs is 1. The Labute approximate surface area is 215 Å². The van der Waals surface area contributed by atoms with Crippen LogP contribution in [0.2, 0.25) is 0 Å². The van der Waals surface area contributed by atoms with E-state index >= 15 is 0 Å². The fourth-order valence-electron chi connectivity index (χ4n) is 4.16. The molecule has 1 aliphatic rings. The second-order valence-corrected chi connectivity index (χ2v) is 9.00. The van der Waals surface area contributed by atoms with Crippen LogP contribution in [-0.2, 0) is 37.1 Å². The molecule has 4 rings (SSSR count). The Balaban J connectivity index is 1.30. The largest absolute Gasteiger partial charge is 0.445 e. The Hall–Kier alpha value is -4.20. The van der Waals surface area contributed by atoms with Crippen LogP contribution in [0.3, 0.4) is 0 Å². The lowest BCUT2D eigenvalue weighted by molar-refractivity contribution is -0.197. The van der Waals surface area contributed by atoms with Crippen molar-refractivity contribution in [3.05, 3.63) is 83.9 Å². The molecule has 0 aliphatic carbocycles. The maximum Gasteiger partial charge on any atom is 0.410 e. The molecule has 1 aliphatic heterocycles. The van der Waals surface area contributed by atoms with Crippen molar-refractivity contribution in [3.8, 4) is 0 Å². The zero-order valence-electron chi connectivity index (χ0n) is 20.6. The summed E-state index contributed by atoms with van der Waals surface area (Å²) in [5, 5.41) is 2.80. The van der Waals surface area contributed by atoms with Crippen molar-refractivity contribution in [2.75, 3.05) is 6.54 Å². The van der Waals surface area contributed by atoms with Crippen LogP contribution in [0.25, 0.3) is 10.8 Å². The fourth-order valence-corrected chi connectivity index (χ4v) is 4.16. The van der Waals surface area contributed by atoms with E-state index in [-0.39, 0.29) is 25.9 Å². The molecular formula is C29H30N2O6. The molecule has 0 bridgehead atoms. The molecule has 3 aromatic rings. The van der Waals surface area contributed by atoms with Crippen molar-refractivity contribution in [1.29, 1.82) is 0 Å². The maximum atomic E-state index is 13.0. The summed E-state index contributed by atoms with van der Waals surface area (Å²) < 4.78 is 5.58. The van der Waals surface area contributed by atoms with Crippen LogP contribution in [0.1, 0.15) is 49.7 Å². The Kier molecular flexibility index (Phi) is 8.86. The number of carbonyl (C=O) groups is 4. The van der Waals surface area contributed by atoms with E-state index in [2.05, 4.69) is 6.07 Å². The number of nitrogens with zero attached hydrogens (tertiary/aromatic N) is 2. The number of hydrogen-bond donors (Lipinski definition) is 0. The van der Waals surface area contributed by atoms with Gasteiger partial charge in [-0.25, -0.2) is 9.59 Å². The first kappa shape index (κ1) is 25.9. The number of imide groups is 1. The monoisotopic (exact) mass is 502 g/mol. The lowest BCUT2D eigenvalue weighted by atomic mass is 10.1. The third-order valence-electron chi connectivity index (χ3n) is 6.16.